The first-order chi connectivity index (χ1) is 10.2. The molecule has 1 unspecified atom stereocenters. The Morgan fingerprint density at radius 3 is 2.76 bits per heavy atom. The van der Waals surface area contributed by atoms with Crippen LogP contribution in [0.15, 0.2) is 35.7 Å². The Labute approximate surface area is 129 Å². The molecule has 1 fully saturated rings. The van der Waals surface area contributed by atoms with Crippen molar-refractivity contribution in [3.05, 3.63) is 51.7 Å². The van der Waals surface area contributed by atoms with Gasteiger partial charge in [0.15, 0.2) is 0 Å². The second-order valence-corrected chi connectivity index (χ2v) is 6.42. The van der Waals surface area contributed by atoms with Crippen LogP contribution in [0.25, 0.3) is 0 Å². The summed E-state index contributed by atoms with van der Waals surface area (Å²) >= 11 is 1.79. The first kappa shape index (κ1) is 14.1. The van der Waals surface area contributed by atoms with E-state index in [9.17, 15) is 4.79 Å². The number of hydrogen-bond donors (Lipinski definition) is 1. The first-order valence-corrected chi connectivity index (χ1v) is 8.06. The van der Waals surface area contributed by atoms with E-state index >= 15 is 0 Å². The van der Waals surface area contributed by atoms with Crippen molar-refractivity contribution in [1.82, 2.24) is 0 Å². The summed E-state index contributed by atoms with van der Waals surface area (Å²) in [6.45, 7) is 1.97. The second-order valence-electron chi connectivity index (χ2n) is 5.44. The molecular weight excluding hydrogens is 282 g/mol. The van der Waals surface area contributed by atoms with Gasteiger partial charge in [-0.2, -0.15) is 0 Å². The fourth-order valence-corrected chi connectivity index (χ4v) is 3.48. The van der Waals surface area contributed by atoms with Gasteiger partial charge in [0.25, 0.3) is 0 Å². The van der Waals surface area contributed by atoms with E-state index in [1.165, 1.54) is 24.8 Å². The maximum absolute atomic E-state index is 11.8. The Morgan fingerprint density at radius 2 is 2.14 bits per heavy atom. The van der Waals surface area contributed by atoms with E-state index < -0.39 is 0 Å². The predicted molar refractivity (Wildman–Crippen MR) is 85.9 cm³/mol. The van der Waals surface area contributed by atoms with Crippen molar-refractivity contribution >= 4 is 23.0 Å². The predicted octanol–water partition coefficient (Wildman–Crippen LogP) is 4.41. The number of methoxy groups -OCH3 is 1. The number of nitrogens with one attached hydrogen (secondary N) is 1. The first-order valence-electron chi connectivity index (χ1n) is 7.18. The van der Waals surface area contributed by atoms with Crippen LogP contribution in [0.5, 0.6) is 0 Å². The van der Waals surface area contributed by atoms with Gasteiger partial charge in [-0.05, 0) is 54.8 Å². The summed E-state index contributed by atoms with van der Waals surface area (Å²) in [4.78, 5) is 13.2. The Balaban J connectivity index is 1.88. The van der Waals surface area contributed by atoms with Gasteiger partial charge in [0.2, 0.25) is 0 Å². The molecule has 0 saturated heterocycles. The highest BCUT2D eigenvalue weighted by atomic mass is 32.1. The maximum atomic E-state index is 11.8. The minimum atomic E-state index is -0.282. The number of carbonyl (C=O) groups excluding carboxylic acids is 1. The normalized spacial score (nSPS) is 15.5. The van der Waals surface area contributed by atoms with Gasteiger partial charge in [-0.3, -0.25) is 0 Å². The highest BCUT2D eigenvalue weighted by molar-refractivity contribution is 7.10. The number of benzene rings is 1. The fraction of sp³-hybridized carbons (Fsp3) is 0.353. The van der Waals surface area contributed by atoms with E-state index in [-0.39, 0.29) is 5.97 Å². The minimum Gasteiger partial charge on any atom is -0.465 e. The van der Waals surface area contributed by atoms with Gasteiger partial charge in [0.1, 0.15) is 0 Å². The molecule has 0 amide bonds. The fourth-order valence-electron chi connectivity index (χ4n) is 2.61. The Hall–Kier alpha value is -1.81. The van der Waals surface area contributed by atoms with E-state index in [0.717, 1.165) is 11.3 Å². The molecule has 0 radical (unpaired) electrons. The van der Waals surface area contributed by atoms with Crippen LogP contribution in [0, 0.1) is 12.8 Å². The highest BCUT2D eigenvalue weighted by Crippen LogP contribution is 2.44. The van der Waals surface area contributed by atoms with Gasteiger partial charge in [-0.15, -0.1) is 11.3 Å². The molecule has 1 aromatic heterocycles. The molecule has 2 aromatic rings. The lowest BCUT2D eigenvalue weighted by molar-refractivity contribution is 0.0600. The number of rotatable bonds is 5. The molecule has 3 rings (SSSR count). The SMILES string of the molecule is COC(=O)c1cccc(NC(c2cccs2)C2CC2)c1C. The molecule has 110 valence electrons. The van der Waals surface area contributed by atoms with Crippen LogP contribution in [-0.4, -0.2) is 13.1 Å². The van der Waals surface area contributed by atoms with Crippen LogP contribution < -0.4 is 5.32 Å². The maximum Gasteiger partial charge on any atom is 0.338 e. The number of esters is 1. The van der Waals surface area contributed by atoms with Crippen LogP contribution in [0.2, 0.25) is 0 Å². The Kier molecular flexibility index (Phi) is 3.97. The van der Waals surface area contributed by atoms with Crippen LogP contribution in [-0.2, 0) is 4.74 Å². The summed E-state index contributed by atoms with van der Waals surface area (Å²) in [5.41, 5.74) is 2.60. The average molecular weight is 301 g/mol. The van der Waals surface area contributed by atoms with Gasteiger partial charge in [-0.1, -0.05) is 12.1 Å². The third-order valence-corrected chi connectivity index (χ3v) is 4.95. The van der Waals surface area contributed by atoms with Crippen molar-refractivity contribution < 1.29 is 9.53 Å². The number of thiophene rings is 1. The highest BCUT2D eigenvalue weighted by Gasteiger charge is 2.33. The molecule has 1 atom stereocenters. The number of ether oxygens (including phenoxy) is 1. The molecule has 1 heterocycles. The van der Waals surface area contributed by atoms with Gasteiger partial charge >= 0.3 is 5.97 Å². The average Bonchev–Trinajstić information content (AvgIpc) is 3.19. The zero-order valence-electron chi connectivity index (χ0n) is 12.3. The number of hydrogen-bond acceptors (Lipinski definition) is 4. The smallest absolute Gasteiger partial charge is 0.338 e. The summed E-state index contributed by atoms with van der Waals surface area (Å²) < 4.78 is 4.84. The standard InChI is InChI=1S/C17H19NO2S/c1-11-13(17(19)20-2)5-3-6-14(11)18-16(12-8-9-12)15-7-4-10-21-15/h3-7,10,12,16,18H,8-9H2,1-2H3. The molecule has 1 aliphatic rings. The molecule has 3 nitrogen and oxygen atoms in total. The van der Waals surface area contributed by atoms with Crippen molar-refractivity contribution in [1.29, 1.82) is 0 Å². The summed E-state index contributed by atoms with van der Waals surface area (Å²) in [5, 5.41) is 5.75. The van der Waals surface area contributed by atoms with Crippen LogP contribution in [0.4, 0.5) is 5.69 Å². The third kappa shape index (κ3) is 2.95. The lowest BCUT2D eigenvalue weighted by Crippen LogP contribution is -2.14. The number of anilines is 1. The second kappa shape index (κ2) is 5.90. The molecule has 1 aliphatic carbocycles. The van der Waals surface area contributed by atoms with Crippen molar-refractivity contribution in [3.8, 4) is 0 Å². The molecular formula is C17H19NO2S. The molecule has 0 spiro atoms. The molecule has 0 bridgehead atoms. The monoisotopic (exact) mass is 301 g/mol. The largest absolute Gasteiger partial charge is 0.465 e. The zero-order valence-corrected chi connectivity index (χ0v) is 13.1. The van der Waals surface area contributed by atoms with E-state index in [4.69, 9.17) is 4.74 Å². The molecule has 4 heteroatoms. The van der Waals surface area contributed by atoms with Crippen molar-refractivity contribution in [2.45, 2.75) is 25.8 Å². The van der Waals surface area contributed by atoms with Gasteiger partial charge in [0.05, 0.1) is 18.7 Å². The van der Waals surface area contributed by atoms with E-state index in [2.05, 4.69) is 22.8 Å². The molecule has 1 aromatic carbocycles. The van der Waals surface area contributed by atoms with Crippen LogP contribution in [0.1, 0.15) is 39.7 Å². The quantitative estimate of drug-likeness (QED) is 0.832. The summed E-state index contributed by atoms with van der Waals surface area (Å²) in [5.74, 6) is 0.417. The Morgan fingerprint density at radius 1 is 1.33 bits per heavy atom. The van der Waals surface area contributed by atoms with Crippen molar-refractivity contribution in [2.75, 3.05) is 12.4 Å². The van der Waals surface area contributed by atoms with Gasteiger partial charge in [-0.25, -0.2) is 4.79 Å². The zero-order chi connectivity index (χ0) is 14.8. The van der Waals surface area contributed by atoms with Crippen LogP contribution >= 0.6 is 11.3 Å². The molecule has 1 saturated carbocycles. The number of carbonyl (C=O) groups is 1. The summed E-state index contributed by atoms with van der Waals surface area (Å²) in [7, 11) is 1.42. The van der Waals surface area contributed by atoms with E-state index in [0.29, 0.717) is 17.5 Å². The van der Waals surface area contributed by atoms with Gasteiger partial charge in [0, 0.05) is 10.6 Å². The topological polar surface area (TPSA) is 38.3 Å². The van der Waals surface area contributed by atoms with Crippen LogP contribution in [0.3, 0.4) is 0 Å². The van der Waals surface area contributed by atoms with Crippen molar-refractivity contribution in [3.63, 3.8) is 0 Å². The van der Waals surface area contributed by atoms with E-state index in [1.54, 1.807) is 11.3 Å². The van der Waals surface area contributed by atoms with Crippen molar-refractivity contribution in [2.24, 2.45) is 5.92 Å². The Bertz CT molecular complexity index is 632. The lowest BCUT2D eigenvalue weighted by atomic mass is 10.0. The molecule has 0 aliphatic heterocycles. The molecule has 1 N–H and O–H groups in total. The summed E-state index contributed by atoms with van der Waals surface area (Å²) in [6, 6.07) is 10.4. The lowest BCUT2D eigenvalue weighted by Gasteiger charge is -2.20. The van der Waals surface area contributed by atoms with Gasteiger partial charge < -0.3 is 10.1 Å². The third-order valence-electron chi connectivity index (χ3n) is 3.99. The minimum absolute atomic E-state index is 0.282. The van der Waals surface area contributed by atoms with E-state index in [1.807, 2.05) is 25.1 Å². The summed E-state index contributed by atoms with van der Waals surface area (Å²) in [6.07, 6.45) is 2.54. The molecule has 21 heavy (non-hydrogen) atoms.